The molecule has 0 aliphatic rings. The van der Waals surface area contributed by atoms with Gasteiger partial charge in [-0.3, -0.25) is 4.98 Å². The first-order valence-corrected chi connectivity index (χ1v) is 8.05. The van der Waals surface area contributed by atoms with E-state index in [0.717, 1.165) is 28.3 Å². The molecule has 4 heteroatoms. The smallest absolute Gasteiger partial charge is 0.156 e. The monoisotopic (exact) mass is 324 g/mol. The van der Waals surface area contributed by atoms with Gasteiger partial charge in [0.1, 0.15) is 0 Å². The Bertz CT molecular complexity index is 974. The van der Waals surface area contributed by atoms with Crippen LogP contribution in [0.25, 0.3) is 16.9 Å². The quantitative estimate of drug-likeness (QED) is 0.511. The normalized spacial score (nSPS) is 11.0. The molecule has 0 saturated carbocycles. The third-order valence-electron chi connectivity index (χ3n) is 3.79. The fraction of sp³-hybridized carbons (Fsp3) is 0. The molecule has 0 unspecified atom stereocenters. The van der Waals surface area contributed by atoms with Gasteiger partial charge in [-0.1, -0.05) is 54.6 Å². The van der Waals surface area contributed by atoms with Gasteiger partial charge in [-0.05, 0) is 18.2 Å². The molecule has 120 valence electrons. The van der Waals surface area contributed by atoms with Crippen LogP contribution in [-0.2, 0) is 0 Å². The molecular weight excluding hydrogens is 308 g/mol. The Morgan fingerprint density at radius 1 is 0.840 bits per heavy atom. The summed E-state index contributed by atoms with van der Waals surface area (Å²) in [6.45, 7) is 0. The van der Waals surface area contributed by atoms with Crippen LogP contribution in [0.2, 0.25) is 0 Å². The van der Waals surface area contributed by atoms with Gasteiger partial charge in [0, 0.05) is 35.8 Å². The first-order chi connectivity index (χ1) is 12.4. The summed E-state index contributed by atoms with van der Waals surface area (Å²) >= 11 is 0. The molecule has 2 heterocycles. The lowest BCUT2D eigenvalue weighted by Gasteiger charge is -2.03. The SMILES string of the molecule is C(=N\c1cc(-c2ccccc2)nn1-c1ccccc1)/c1cccnc1. The second-order valence-electron chi connectivity index (χ2n) is 5.55. The summed E-state index contributed by atoms with van der Waals surface area (Å²) in [6.07, 6.45) is 5.34. The van der Waals surface area contributed by atoms with E-state index in [0.29, 0.717) is 0 Å². The Morgan fingerprint density at radius 2 is 1.60 bits per heavy atom. The Labute approximate surface area is 146 Å². The van der Waals surface area contributed by atoms with Crippen LogP contribution in [0, 0.1) is 0 Å². The van der Waals surface area contributed by atoms with Crippen molar-refractivity contribution in [1.82, 2.24) is 14.8 Å². The molecule has 0 atom stereocenters. The number of aliphatic imine (C=N–C) groups is 1. The molecule has 2 aromatic carbocycles. The highest BCUT2D eigenvalue weighted by Crippen LogP contribution is 2.26. The average molecular weight is 324 g/mol. The van der Waals surface area contributed by atoms with E-state index in [2.05, 4.69) is 9.98 Å². The first-order valence-electron chi connectivity index (χ1n) is 8.05. The van der Waals surface area contributed by atoms with Crippen LogP contribution in [0.15, 0.2) is 96.2 Å². The number of pyridine rings is 1. The summed E-state index contributed by atoms with van der Waals surface area (Å²) in [5, 5.41) is 4.75. The topological polar surface area (TPSA) is 43.1 Å². The maximum atomic E-state index is 4.75. The number of rotatable bonds is 4. The fourth-order valence-corrected chi connectivity index (χ4v) is 2.57. The molecule has 0 spiro atoms. The van der Waals surface area contributed by atoms with E-state index in [1.165, 1.54) is 0 Å². The van der Waals surface area contributed by atoms with Gasteiger partial charge in [0.15, 0.2) is 5.82 Å². The summed E-state index contributed by atoms with van der Waals surface area (Å²) in [6, 6.07) is 26.0. The summed E-state index contributed by atoms with van der Waals surface area (Å²) in [5.41, 5.74) is 3.88. The molecule has 0 aliphatic carbocycles. The molecule has 0 saturated heterocycles. The maximum Gasteiger partial charge on any atom is 0.156 e. The third kappa shape index (κ3) is 3.38. The minimum atomic E-state index is 0.772. The van der Waals surface area contributed by atoms with Gasteiger partial charge in [0.2, 0.25) is 0 Å². The molecule has 0 bridgehead atoms. The summed E-state index contributed by atoms with van der Waals surface area (Å²) < 4.78 is 1.86. The molecular formula is C21H16N4. The lowest BCUT2D eigenvalue weighted by molar-refractivity contribution is 0.885. The predicted octanol–water partition coefficient (Wildman–Crippen LogP) is 4.68. The van der Waals surface area contributed by atoms with Gasteiger partial charge in [-0.2, -0.15) is 5.10 Å². The highest BCUT2D eigenvalue weighted by Gasteiger charge is 2.10. The van der Waals surface area contributed by atoms with Crippen molar-refractivity contribution in [3.63, 3.8) is 0 Å². The molecule has 2 aromatic heterocycles. The highest BCUT2D eigenvalue weighted by molar-refractivity contribution is 5.81. The number of hydrogen-bond donors (Lipinski definition) is 0. The Hall–Kier alpha value is -3.53. The number of nitrogens with zero attached hydrogens (tertiary/aromatic N) is 4. The van der Waals surface area contributed by atoms with E-state index in [1.807, 2.05) is 83.5 Å². The molecule has 4 aromatic rings. The molecule has 0 amide bonds. The maximum absolute atomic E-state index is 4.75. The summed E-state index contributed by atoms with van der Waals surface area (Å²) in [4.78, 5) is 8.75. The standard InChI is InChI=1S/C21H16N4/c1-3-9-18(10-4-1)20-14-21(23-16-17-8-7-13-22-15-17)25(24-20)19-11-5-2-6-12-19/h1-16H/b23-16+. The molecule has 0 radical (unpaired) electrons. The zero-order chi connectivity index (χ0) is 16.9. The number of hydrogen-bond acceptors (Lipinski definition) is 3. The van der Waals surface area contributed by atoms with Gasteiger partial charge in [-0.15, -0.1) is 0 Å². The van der Waals surface area contributed by atoms with Crippen molar-refractivity contribution in [2.75, 3.05) is 0 Å². The van der Waals surface area contributed by atoms with Crippen LogP contribution in [0.1, 0.15) is 5.56 Å². The summed E-state index contributed by atoms with van der Waals surface area (Å²) in [7, 11) is 0. The van der Waals surface area contributed by atoms with Crippen LogP contribution in [0.5, 0.6) is 0 Å². The molecule has 0 N–H and O–H groups in total. The zero-order valence-corrected chi connectivity index (χ0v) is 13.5. The number of aromatic nitrogens is 3. The second kappa shape index (κ2) is 6.93. The number of benzene rings is 2. The van der Waals surface area contributed by atoms with E-state index < -0.39 is 0 Å². The van der Waals surface area contributed by atoms with Crippen LogP contribution in [0.3, 0.4) is 0 Å². The van der Waals surface area contributed by atoms with E-state index >= 15 is 0 Å². The minimum Gasteiger partial charge on any atom is -0.264 e. The average Bonchev–Trinajstić information content (AvgIpc) is 3.13. The van der Waals surface area contributed by atoms with Gasteiger partial charge in [0.05, 0.1) is 11.4 Å². The van der Waals surface area contributed by atoms with Gasteiger partial charge in [0.25, 0.3) is 0 Å². The molecule has 0 fully saturated rings. The Balaban J connectivity index is 1.78. The Morgan fingerprint density at radius 3 is 2.32 bits per heavy atom. The van der Waals surface area contributed by atoms with Crippen LogP contribution >= 0.6 is 0 Å². The van der Waals surface area contributed by atoms with Gasteiger partial charge in [-0.25, -0.2) is 9.67 Å². The summed E-state index contributed by atoms with van der Waals surface area (Å²) in [5.74, 6) is 0.772. The van der Waals surface area contributed by atoms with E-state index in [-0.39, 0.29) is 0 Å². The van der Waals surface area contributed by atoms with E-state index in [9.17, 15) is 0 Å². The van der Waals surface area contributed by atoms with Crippen molar-refractivity contribution < 1.29 is 0 Å². The number of para-hydroxylation sites is 1. The molecule has 25 heavy (non-hydrogen) atoms. The molecule has 4 rings (SSSR count). The van der Waals surface area contributed by atoms with Gasteiger partial charge < -0.3 is 0 Å². The zero-order valence-electron chi connectivity index (χ0n) is 13.5. The molecule has 4 nitrogen and oxygen atoms in total. The van der Waals surface area contributed by atoms with Crippen molar-refractivity contribution in [2.24, 2.45) is 4.99 Å². The van der Waals surface area contributed by atoms with Crippen LogP contribution < -0.4 is 0 Å². The minimum absolute atomic E-state index is 0.772. The van der Waals surface area contributed by atoms with Crippen molar-refractivity contribution in [3.8, 4) is 16.9 Å². The van der Waals surface area contributed by atoms with Crippen molar-refractivity contribution in [3.05, 3.63) is 96.8 Å². The van der Waals surface area contributed by atoms with Gasteiger partial charge >= 0.3 is 0 Å². The third-order valence-corrected chi connectivity index (χ3v) is 3.79. The van der Waals surface area contributed by atoms with Crippen molar-refractivity contribution >= 4 is 12.0 Å². The fourth-order valence-electron chi connectivity index (χ4n) is 2.57. The van der Waals surface area contributed by atoms with Crippen molar-refractivity contribution in [1.29, 1.82) is 0 Å². The Kier molecular flexibility index (Phi) is 4.16. The van der Waals surface area contributed by atoms with E-state index in [1.54, 1.807) is 18.6 Å². The predicted molar refractivity (Wildman–Crippen MR) is 100 cm³/mol. The van der Waals surface area contributed by atoms with E-state index in [4.69, 9.17) is 5.10 Å². The largest absolute Gasteiger partial charge is 0.264 e. The van der Waals surface area contributed by atoms with Crippen molar-refractivity contribution in [2.45, 2.75) is 0 Å². The molecule has 0 aliphatic heterocycles. The first kappa shape index (κ1) is 15.0. The lowest BCUT2D eigenvalue weighted by Crippen LogP contribution is -1.96. The van der Waals surface area contributed by atoms with Crippen LogP contribution in [0.4, 0.5) is 5.82 Å². The second-order valence-corrected chi connectivity index (χ2v) is 5.55. The lowest BCUT2D eigenvalue weighted by atomic mass is 10.2. The van der Waals surface area contributed by atoms with Crippen LogP contribution in [-0.4, -0.2) is 21.0 Å². The highest BCUT2D eigenvalue weighted by atomic mass is 15.3.